The summed E-state index contributed by atoms with van der Waals surface area (Å²) in [6.45, 7) is 0. The first-order chi connectivity index (χ1) is 27.8. The van der Waals surface area contributed by atoms with Gasteiger partial charge in [-0.25, -0.2) is 15.0 Å². The Hall–Kier alpha value is -6.63. The molecule has 0 amide bonds. The van der Waals surface area contributed by atoms with E-state index >= 15 is 0 Å². The molecule has 0 fully saturated rings. The van der Waals surface area contributed by atoms with Crippen molar-refractivity contribution in [1.29, 1.82) is 0 Å². The average Bonchev–Trinajstić information content (AvgIpc) is 3.94. The highest BCUT2D eigenvalue weighted by Crippen LogP contribution is 2.44. The molecule has 0 unspecified atom stereocenters. The fourth-order valence-electron chi connectivity index (χ4n) is 6.90. The lowest BCUT2D eigenvalue weighted by Gasteiger charge is -2.08. The van der Waals surface area contributed by atoms with E-state index in [1.54, 1.807) is 0 Å². The third-order valence-electron chi connectivity index (χ3n) is 9.26. The first-order valence-corrected chi connectivity index (χ1v) is 17.2. The number of aromatic nitrogens is 3. The molecule has 0 spiro atoms. The van der Waals surface area contributed by atoms with Gasteiger partial charge < -0.3 is 8.83 Å². The van der Waals surface area contributed by atoms with Crippen molar-refractivity contribution in [3.05, 3.63) is 152 Å². The molecule has 0 bridgehead atoms. The standard InChI is InChI=1S/C45H25N3O2S/c1-2-10-26(11-3-1)43-46-44(27-20-22-30-29-12-4-6-17-36(29)50-39(30)24-27)48-45(47-43)28-21-23-31-33-15-8-16-34(42(33)51-40(31)25-28)32-14-9-19-38-41(32)35-13-5-7-18-37(35)49-38/h1-25H/i8D,15D,16D,21D,23D,25D. The maximum Gasteiger partial charge on any atom is 0.164 e. The van der Waals surface area contributed by atoms with E-state index in [-0.39, 0.29) is 58.4 Å². The number of nitrogens with zero attached hydrogens (tertiary/aromatic N) is 3. The number of thiophene rings is 1. The van der Waals surface area contributed by atoms with E-state index in [0.717, 1.165) is 27.1 Å². The molecule has 7 aromatic carbocycles. The number of furan rings is 2. The van der Waals surface area contributed by atoms with E-state index in [4.69, 9.17) is 26.5 Å². The van der Waals surface area contributed by atoms with Gasteiger partial charge in [0.2, 0.25) is 0 Å². The summed E-state index contributed by atoms with van der Waals surface area (Å²) >= 11 is 1.17. The fraction of sp³-hybridized carbons (Fsp3) is 0. The summed E-state index contributed by atoms with van der Waals surface area (Å²) < 4.78 is 68.8. The minimum absolute atomic E-state index is 0.0397. The number of hydrogen-bond donors (Lipinski definition) is 0. The maximum atomic E-state index is 9.66. The van der Waals surface area contributed by atoms with Gasteiger partial charge >= 0.3 is 0 Å². The minimum atomic E-state index is -0.306. The van der Waals surface area contributed by atoms with Crippen LogP contribution in [0.15, 0.2) is 160 Å². The van der Waals surface area contributed by atoms with E-state index in [1.807, 2.05) is 115 Å². The van der Waals surface area contributed by atoms with Gasteiger partial charge in [-0.1, -0.05) is 115 Å². The third kappa shape index (κ3) is 4.43. The molecule has 0 N–H and O–H groups in total. The Labute approximate surface area is 303 Å². The van der Waals surface area contributed by atoms with Gasteiger partial charge in [-0.3, -0.25) is 0 Å². The molecule has 11 rings (SSSR count). The van der Waals surface area contributed by atoms with Crippen LogP contribution >= 0.6 is 11.3 Å². The molecule has 4 aromatic heterocycles. The van der Waals surface area contributed by atoms with Crippen LogP contribution in [0.25, 0.3) is 109 Å². The normalized spacial score (nSPS) is 13.6. The van der Waals surface area contributed by atoms with E-state index in [9.17, 15) is 5.48 Å². The molecule has 4 heterocycles. The highest BCUT2D eigenvalue weighted by atomic mass is 32.1. The van der Waals surface area contributed by atoms with Crippen molar-refractivity contribution < 1.29 is 17.1 Å². The molecule has 0 aliphatic carbocycles. The Morgan fingerprint density at radius 1 is 0.471 bits per heavy atom. The molecule has 0 atom stereocenters. The van der Waals surface area contributed by atoms with Gasteiger partial charge in [0.05, 0.1) is 8.22 Å². The molecule has 0 saturated heterocycles. The molecular weight excluding hydrogens is 647 g/mol. The smallest absolute Gasteiger partial charge is 0.164 e. The maximum absolute atomic E-state index is 9.66. The summed E-state index contributed by atoms with van der Waals surface area (Å²) in [5.74, 6) is 0.683. The van der Waals surface area contributed by atoms with Crippen molar-refractivity contribution in [2.75, 3.05) is 0 Å². The second-order valence-corrected chi connectivity index (χ2v) is 13.3. The van der Waals surface area contributed by atoms with Crippen LogP contribution in [0.5, 0.6) is 0 Å². The van der Waals surface area contributed by atoms with Crippen LogP contribution in [0.1, 0.15) is 8.22 Å². The monoisotopic (exact) mass is 677 g/mol. The Balaban J connectivity index is 1.18. The lowest BCUT2D eigenvalue weighted by atomic mass is 9.98. The Morgan fingerprint density at radius 2 is 1.16 bits per heavy atom. The summed E-state index contributed by atoms with van der Waals surface area (Å²) in [6, 6.07) is 34.8. The van der Waals surface area contributed by atoms with E-state index in [2.05, 4.69) is 0 Å². The highest BCUT2D eigenvalue weighted by molar-refractivity contribution is 7.26. The van der Waals surface area contributed by atoms with Gasteiger partial charge in [0.25, 0.3) is 0 Å². The van der Waals surface area contributed by atoms with Crippen LogP contribution in [0.4, 0.5) is 0 Å². The Kier molecular flexibility index (Phi) is 4.91. The largest absolute Gasteiger partial charge is 0.456 e. The second kappa shape index (κ2) is 10.9. The molecular formula is C45H25N3O2S. The van der Waals surface area contributed by atoms with Crippen molar-refractivity contribution in [2.45, 2.75) is 0 Å². The first kappa shape index (κ1) is 22.9. The lowest BCUT2D eigenvalue weighted by Crippen LogP contribution is -2.00. The van der Waals surface area contributed by atoms with Crippen molar-refractivity contribution in [2.24, 2.45) is 0 Å². The van der Waals surface area contributed by atoms with E-state index in [1.165, 1.54) is 11.3 Å². The minimum Gasteiger partial charge on any atom is -0.456 e. The van der Waals surface area contributed by atoms with Crippen molar-refractivity contribution >= 4 is 75.4 Å². The van der Waals surface area contributed by atoms with Crippen LogP contribution in [-0.2, 0) is 0 Å². The topological polar surface area (TPSA) is 65.0 Å². The van der Waals surface area contributed by atoms with Gasteiger partial charge in [0, 0.05) is 64.0 Å². The molecule has 5 nitrogen and oxygen atoms in total. The fourth-order valence-corrected chi connectivity index (χ4v) is 8.03. The Bertz CT molecular complexity index is 3510. The molecule has 0 saturated carbocycles. The van der Waals surface area contributed by atoms with Crippen LogP contribution in [0.2, 0.25) is 0 Å². The van der Waals surface area contributed by atoms with Crippen molar-refractivity contribution in [1.82, 2.24) is 15.0 Å². The van der Waals surface area contributed by atoms with Crippen molar-refractivity contribution in [3.63, 3.8) is 0 Å². The number of rotatable bonds is 4. The van der Waals surface area contributed by atoms with Gasteiger partial charge in [0.1, 0.15) is 22.3 Å². The number of hydrogen-bond acceptors (Lipinski definition) is 6. The van der Waals surface area contributed by atoms with E-state index < -0.39 is 0 Å². The number of benzene rings is 7. The molecule has 238 valence electrons. The second-order valence-electron chi connectivity index (χ2n) is 12.3. The lowest BCUT2D eigenvalue weighted by molar-refractivity contribution is 0.668. The predicted octanol–water partition coefficient (Wildman–Crippen LogP) is 12.7. The molecule has 6 heteroatoms. The summed E-state index contributed by atoms with van der Waals surface area (Å²) in [7, 11) is 0. The SMILES string of the molecule is [2H]c1c([2H])c([2H])c2c(sc3c([2H])c(-c4nc(-c5ccccc5)nc(-c5ccc6c(c5)oc5ccccc56)n4)c([2H])c([2H])c32)c1-c1cccc2oc3ccccc3c12. The summed E-state index contributed by atoms with van der Waals surface area (Å²) in [5, 5.41) is 4.01. The van der Waals surface area contributed by atoms with Gasteiger partial charge in [-0.15, -0.1) is 11.3 Å². The zero-order valence-electron chi connectivity index (χ0n) is 32.5. The number of para-hydroxylation sites is 2. The summed E-state index contributed by atoms with van der Waals surface area (Å²) in [4.78, 5) is 14.5. The van der Waals surface area contributed by atoms with Gasteiger partial charge in [0.15, 0.2) is 17.5 Å². The number of fused-ring (bicyclic) bond motifs is 9. The molecule has 11 aromatic rings. The molecule has 0 aliphatic heterocycles. The average molecular weight is 678 g/mol. The van der Waals surface area contributed by atoms with Gasteiger partial charge in [-0.2, -0.15) is 0 Å². The molecule has 51 heavy (non-hydrogen) atoms. The quantitative estimate of drug-likeness (QED) is 0.185. The van der Waals surface area contributed by atoms with Crippen LogP contribution < -0.4 is 0 Å². The summed E-state index contributed by atoms with van der Waals surface area (Å²) in [5.41, 5.74) is 5.14. The molecule has 0 radical (unpaired) electrons. The van der Waals surface area contributed by atoms with Crippen LogP contribution in [-0.4, -0.2) is 15.0 Å². The zero-order valence-corrected chi connectivity index (χ0v) is 27.4. The van der Waals surface area contributed by atoms with Gasteiger partial charge in [-0.05, 0) is 41.9 Å². The van der Waals surface area contributed by atoms with E-state index in [0.29, 0.717) is 60.1 Å². The molecule has 0 aliphatic rings. The first-order valence-electron chi connectivity index (χ1n) is 19.4. The summed E-state index contributed by atoms with van der Waals surface area (Å²) in [6.07, 6.45) is 0. The van der Waals surface area contributed by atoms with Crippen LogP contribution in [0.3, 0.4) is 0 Å². The van der Waals surface area contributed by atoms with Crippen LogP contribution in [0, 0.1) is 0 Å². The van der Waals surface area contributed by atoms with Crippen molar-refractivity contribution in [3.8, 4) is 45.3 Å². The Morgan fingerprint density at radius 3 is 2.02 bits per heavy atom. The predicted molar refractivity (Wildman–Crippen MR) is 209 cm³/mol. The highest BCUT2D eigenvalue weighted by Gasteiger charge is 2.18. The zero-order chi connectivity index (χ0) is 38.7. The third-order valence-corrected chi connectivity index (χ3v) is 10.4.